The number of unbranched alkanes of at least 4 members (excludes halogenated alkanes) is 4. The standard InChI is InChI=1S/C45H34O4/c1-2-3-4-5-6-7-8-39-29-42(40-25-21-35(22-26-40)11-9-33-13-17-37(31-46)18-14-33)44(45(48)49)43(30-39)41-27-23-36(24-28-41)12-10-34-15-19-38(32-47)20-16-34/h13-32H,2-6H2,1H3,(H,48,49). The normalized spacial score (nSPS) is 9.98. The molecule has 238 valence electrons. The van der Waals surface area contributed by atoms with Gasteiger partial charge in [-0.1, -0.05) is 110 Å². The van der Waals surface area contributed by atoms with E-state index in [2.05, 4.69) is 42.4 Å². The Morgan fingerprint density at radius 3 is 1.33 bits per heavy atom. The van der Waals surface area contributed by atoms with Gasteiger partial charge in [-0.3, -0.25) is 9.59 Å². The molecule has 0 unspecified atom stereocenters. The summed E-state index contributed by atoms with van der Waals surface area (Å²) in [5.41, 5.74) is 7.90. The summed E-state index contributed by atoms with van der Waals surface area (Å²) in [5.74, 6) is 18.1. The smallest absolute Gasteiger partial charge is 0.336 e. The van der Waals surface area contributed by atoms with Crippen molar-refractivity contribution in [2.45, 2.75) is 39.0 Å². The fourth-order valence-corrected chi connectivity index (χ4v) is 5.25. The molecule has 0 bridgehead atoms. The average molecular weight is 639 g/mol. The Bertz CT molecular complexity index is 2000. The summed E-state index contributed by atoms with van der Waals surface area (Å²) >= 11 is 0. The largest absolute Gasteiger partial charge is 0.478 e. The Labute approximate surface area is 287 Å². The van der Waals surface area contributed by atoms with Gasteiger partial charge in [0.1, 0.15) is 12.6 Å². The van der Waals surface area contributed by atoms with Crippen molar-refractivity contribution in [3.8, 4) is 57.8 Å². The van der Waals surface area contributed by atoms with Crippen molar-refractivity contribution in [2.75, 3.05) is 0 Å². The first-order valence-corrected chi connectivity index (χ1v) is 16.2. The molecule has 0 radical (unpaired) electrons. The highest BCUT2D eigenvalue weighted by Crippen LogP contribution is 2.34. The van der Waals surface area contributed by atoms with Gasteiger partial charge in [0.15, 0.2) is 0 Å². The number of rotatable bonds is 9. The zero-order valence-corrected chi connectivity index (χ0v) is 27.3. The van der Waals surface area contributed by atoms with Crippen molar-refractivity contribution in [1.29, 1.82) is 0 Å². The number of hydrogen-bond acceptors (Lipinski definition) is 3. The Morgan fingerprint density at radius 2 is 0.959 bits per heavy atom. The Balaban J connectivity index is 1.50. The summed E-state index contributed by atoms with van der Waals surface area (Å²) < 4.78 is 0. The maximum absolute atomic E-state index is 12.9. The second-order valence-corrected chi connectivity index (χ2v) is 11.5. The lowest BCUT2D eigenvalue weighted by Gasteiger charge is -2.14. The first-order chi connectivity index (χ1) is 24.0. The van der Waals surface area contributed by atoms with E-state index < -0.39 is 5.97 Å². The van der Waals surface area contributed by atoms with Gasteiger partial charge in [-0.15, -0.1) is 0 Å². The van der Waals surface area contributed by atoms with Crippen LogP contribution >= 0.6 is 0 Å². The summed E-state index contributed by atoms with van der Waals surface area (Å²) in [7, 11) is 0. The molecule has 0 aliphatic rings. The number of benzene rings is 5. The zero-order chi connectivity index (χ0) is 34.4. The zero-order valence-electron chi connectivity index (χ0n) is 27.3. The SMILES string of the molecule is CCCCCCC#Cc1cc(-c2ccc(C#Cc3ccc(C=O)cc3)cc2)c(C(=O)O)c(-c2ccc(C#Cc3ccc(C=O)cc3)cc2)c1. The van der Waals surface area contributed by atoms with Gasteiger partial charge in [-0.25, -0.2) is 4.79 Å². The number of carbonyl (C=O) groups is 3. The molecular formula is C45H34O4. The monoisotopic (exact) mass is 638 g/mol. The summed E-state index contributed by atoms with van der Waals surface area (Å²) in [6.07, 6.45) is 6.88. The highest BCUT2D eigenvalue weighted by molar-refractivity contribution is 6.03. The van der Waals surface area contributed by atoms with Crippen molar-refractivity contribution in [1.82, 2.24) is 0 Å². The summed E-state index contributed by atoms with van der Waals surface area (Å²) in [5, 5.41) is 10.5. The fourth-order valence-electron chi connectivity index (χ4n) is 5.25. The molecule has 49 heavy (non-hydrogen) atoms. The van der Waals surface area contributed by atoms with Gasteiger partial charge >= 0.3 is 5.97 Å². The van der Waals surface area contributed by atoms with Crippen LogP contribution in [0.25, 0.3) is 22.3 Å². The molecule has 0 heterocycles. The van der Waals surface area contributed by atoms with Crippen molar-refractivity contribution in [3.05, 3.63) is 154 Å². The van der Waals surface area contributed by atoms with Crippen LogP contribution in [0.5, 0.6) is 0 Å². The molecule has 0 atom stereocenters. The van der Waals surface area contributed by atoms with Crippen LogP contribution in [0.1, 0.15) is 97.9 Å². The molecule has 0 fully saturated rings. The third-order valence-electron chi connectivity index (χ3n) is 7.93. The molecule has 0 saturated carbocycles. The lowest BCUT2D eigenvalue weighted by molar-refractivity contribution is 0.0698. The summed E-state index contributed by atoms with van der Waals surface area (Å²) in [4.78, 5) is 34.8. The van der Waals surface area contributed by atoms with E-state index in [9.17, 15) is 19.5 Å². The van der Waals surface area contributed by atoms with Crippen molar-refractivity contribution >= 4 is 18.5 Å². The minimum Gasteiger partial charge on any atom is -0.478 e. The van der Waals surface area contributed by atoms with Crippen molar-refractivity contribution in [3.63, 3.8) is 0 Å². The van der Waals surface area contributed by atoms with Crippen LogP contribution in [0.4, 0.5) is 0 Å². The van der Waals surface area contributed by atoms with Crippen molar-refractivity contribution in [2.24, 2.45) is 0 Å². The highest BCUT2D eigenvalue weighted by atomic mass is 16.4. The van der Waals surface area contributed by atoms with E-state index in [1.807, 2.05) is 60.7 Å². The molecule has 0 aliphatic carbocycles. The number of carbonyl (C=O) groups excluding carboxylic acids is 2. The minimum atomic E-state index is -1.03. The molecule has 0 aliphatic heterocycles. The van der Waals surface area contributed by atoms with Gasteiger partial charge in [0.2, 0.25) is 0 Å². The maximum Gasteiger partial charge on any atom is 0.336 e. The van der Waals surface area contributed by atoms with E-state index in [-0.39, 0.29) is 5.56 Å². The Kier molecular flexibility index (Phi) is 11.7. The van der Waals surface area contributed by atoms with Gasteiger partial charge in [0.05, 0.1) is 5.56 Å². The van der Waals surface area contributed by atoms with E-state index in [1.54, 1.807) is 48.5 Å². The van der Waals surface area contributed by atoms with E-state index in [0.717, 1.165) is 77.2 Å². The molecule has 0 aromatic heterocycles. The molecule has 4 heteroatoms. The molecule has 0 saturated heterocycles. The molecule has 5 aromatic rings. The van der Waals surface area contributed by atoms with Gasteiger partial charge in [0, 0.05) is 45.4 Å². The van der Waals surface area contributed by atoms with E-state index in [4.69, 9.17) is 0 Å². The highest BCUT2D eigenvalue weighted by Gasteiger charge is 2.19. The molecular weight excluding hydrogens is 604 g/mol. The van der Waals surface area contributed by atoms with Crippen LogP contribution in [-0.2, 0) is 0 Å². The van der Waals surface area contributed by atoms with Crippen LogP contribution in [0.3, 0.4) is 0 Å². The second-order valence-electron chi connectivity index (χ2n) is 11.5. The quantitative estimate of drug-likeness (QED) is 0.0992. The van der Waals surface area contributed by atoms with E-state index in [0.29, 0.717) is 22.3 Å². The predicted molar refractivity (Wildman–Crippen MR) is 196 cm³/mol. The van der Waals surface area contributed by atoms with Gasteiger partial charge < -0.3 is 5.11 Å². The lowest BCUT2D eigenvalue weighted by Crippen LogP contribution is -2.04. The van der Waals surface area contributed by atoms with Crippen molar-refractivity contribution < 1.29 is 19.5 Å². The molecule has 0 spiro atoms. The van der Waals surface area contributed by atoms with Gasteiger partial charge in [-0.05, 0) is 89.3 Å². The first kappa shape index (κ1) is 33.9. The minimum absolute atomic E-state index is 0.191. The maximum atomic E-state index is 12.9. The fraction of sp³-hybridized carbons (Fsp3) is 0.133. The third-order valence-corrected chi connectivity index (χ3v) is 7.93. The van der Waals surface area contributed by atoms with Crippen LogP contribution in [0.15, 0.2) is 109 Å². The van der Waals surface area contributed by atoms with Crippen LogP contribution in [0.2, 0.25) is 0 Å². The first-order valence-electron chi connectivity index (χ1n) is 16.2. The average Bonchev–Trinajstić information content (AvgIpc) is 3.15. The Hall–Kier alpha value is -6.41. The van der Waals surface area contributed by atoms with Crippen LogP contribution in [-0.4, -0.2) is 23.6 Å². The topological polar surface area (TPSA) is 71.4 Å². The summed E-state index contributed by atoms with van der Waals surface area (Å²) in [6, 6.07) is 32.9. The van der Waals surface area contributed by atoms with Crippen LogP contribution < -0.4 is 0 Å². The summed E-state index contributed by atoms with van der Waals surface area (Å²) in [6.45, 7) is 2.18. The van der Waals surface area contributed by atoms with Crippen LogP contribution in [0, 0.1) is 35.5 Å². The molecule has 1 N–H and O–H groups in total. The number of aromatic carboxylic acids is 1. The number of hydrogen-bond donors (Lipinski definition) is 1. The number of carboxylic acids is 1. The second kappa shape index (κ2) is 16.9. The van der Waals surface area contributed by atoms with E-state index >= 15 is 0 Å². The molecule has 0 amide bonds. The Morgan fingerprint density at radius 1 is 0.551 bits per heavy atom. The van der Waals surface area contributed by atoms with Gasteiger partial charge in [-0.2, -0.15) is 0 Å². The number of carboxylic acid groups (broad SMARTS) is 1. The number of aldehydes is 2. The van der Waals surface area contributed by atoms with E-state index in [1.165, 1.54) is 6.42 Å². The molecule has 5 rings (SSSR count). The third kappa shape index (κ3) is 9.33. The molecule has 5 aromatic carbocycles. The lowest BCUT2D eigenvalue weighted by atomic mass is 9.89. The predicted octanol–water partition coefficient (Wildman–Crippen LogP) is 9.47. The van der Waals surface area contributed by atoms with Gasteiger partial charge in [0.25, 0.3) is 0 Å². The molecule has 4 nitrogen and oxygen atoms in total.